The first-order valence-corrected chi connectivity index (χ1v) is 8.18. The second-order valence-electron chi connectivity index (χ2n) is 5.80. The minimum atomic E-state index is -0.277. The van der Waals surface area contributed by atoms with Crippen LogP contribution < -0.4 is 14.8 Å². The summed E-state index contributed by atoms with van der Waals surface area (Å²) in [5.41, 5.74) is 1.98. The lowest BCUT2D eigenvalue weighted by Crippen LogP contribution is -2.22. The van der Waals surface area contributed by atoms with E-state index in [2.05, 4.69) is 10.4 Å². The van der Waals surface area contributed by atoms with Crippen molar-refractivity contribution in [2.24, 2.45) is 7.05 Å². The number of aryl methyl sites for hydroxylation is 1. The Morgan fingerprint density at radius 2 is 2.08 bits per heavy atom. The zero-order valence-corrected chi connectivity index (χ0v) is 15.0. The van der Waals surface area contributed by atoms with Crippen LogP contribution in [0.15, 0.2) is 47.0 Å². The fraction of sp³-hybridized carbons (Fsp3) is 0.263. The fourth-order valence-corrected chi connectivity index (χ4v) is 2.40. The third-order valence-corrected chi connectivity index (χ3v) is 4.08. The molecule has 7 nitrogen and oxygen atoms in total. The molecule has 0 bridgehead atoms. The number of methoxy groups -OCH3 is 1. The molecule has 3 rings (SSSR count). The second-order valence-corrected chi connectivity index (χ2v) is 5.80. The lowest BCUT2D eigenvalue weighted by Gasteiger charge is -2.06. The first-order chi connectivity index (χ1) is 12.6. The van der Waals surface area contributed by atoms with Crippen LogP contribution in [0.25, 0.3) is 0 Å². The van der Waals surface area contributed by atoms with Crippen molar-refractivity contribution in [3.05, 3.63) is 65.4 Å². The summed E-state index contributed by atoms with van der Waals surface area (Å²) in [6, 6.07) is 10.7. The molecule has 1 amide bonds. The molecule has 0 atom stereocenters. The standard InChI is InChI=1S/C19H21N3O4/c1-13-14(11-21-22(13)2)10-20-19(23)18-8-7-17(26-18)12-25-16-6-4-5-15(9-16)24-3/h4-9,11H,10,12H2,1-3H3,(H,20,23). The van der Waals surface area contributed by atoms with Gasteiger partial charge in [0.1, 0.15) is 23.9 Å². The molecule has 1 N–H and O–H groups in total. The number of rotatable bonds is 7. The minimum Gasteiger partial charge on any atom is -0.497 e. The van der Waals surface area contributed by atoms with Gasteiger partial charge in [0.25, 0.3) is 5.91 Å². The first-order valence-electron chi connectivity index (χ1n) is 8.18. The normalized spacial score (nSPS) is 10.6. The third-order valence-electron chi connectivity index (χ3n) is 4.08. The number of aromatic nitrogens is 2. The van der Waals surface area contributed by atoms with Gasteiger partial charge in [-0.25, -0.2) is 0 Å². The molecular weight excluding hydrogens is 334 g/mol. The van der Waals surface area contributed by atoms with Crippen LogP contribution in [0, 0.1) is 6.92 Å². The van der Waals surface area contributed by atoms with Crippen molar-refractivity contribution >= 4 is 5.91 Å². The number of nitrogens with zero attached hydrogens (tertiary/aromatic N) is 2. The maximum Gasteiger partial charge on any atom is 0.287 e. The van der Waals surface area contributed by atoms with Gasteiger partial charge in [0.2, 0.25) is 0 Å². The summed E-state index contributed by atoms with van der Waals surface area (Å²) in [7, 11) is 3.46. The Morgan fingerprint density at radius 3 is 2.81 bits per heavy atom. The number of benzene rings is 1. The maximum atomic E-state index is 12.2. The van der Waals surface area contributed by atoms with E-state index in [1.165, 1.54) is 0 Å². The summed E-state index contributed by atoms with van der Waals surface area (Å²) in [6.45, 7) is 2.58. The molecule has 0 aliphatic rings. The van der Waals surface area contributed by atoms with E-state index in [9.17, 15) is 4.79 Å². The van der Waals surface area contributed by atoms with Crippen molar-refractivity contribution < 1.29 is 18.7 Å². The van der Waals surface area contributed by atoms with E-state index in [-0.39, 0.29) is 18.3 Å². The van der Waals surface area contributed by atoms with E-state index in [4.69, 9.17) is 13.9 Å². The van der Waals surface area contributed by atoms with Gasteiger partial charge in [0.15, 0.2) is 5.76 Å². The van der Waals surface area contributed by atoms with Gasteiger partial charge < -0.3 is 19.2 Å². The molecule has 0 unspecified atom stereocenters. The highest BCUT2D eigenvalue weighted by Crippen LogP contribution is 2.20. The molecule has 0 saturated heterocycles. The quantitative estimate of drug-likeness (QED) is 0.705. The minimum absolute atomic E-state index is 0.224. The molecule has 3 aromatic rings. The van der Waals surface area contributed by atoms with Gasteiger partial charge in [0, 0.05) is 30.9 Å². The lowest BCUT2D eigenvalue weighted by molar-refractivity contribution is 0.0919. The van der Waals surface area contributed by atoms with E-state index in [1.54, 1.807) is 36.2 Å². The van der Waals surface area contributed by atoms with Gasteiger partial charge in [-0.1, -0.05) is 6.07 Å². The molecule has 1 aromatic carbocycles. The molecule has 2 aromatic heterocycles. The van der Waals surface area contributed by atoms with E-state index >= 15 is 0 Å². The molecule has 7 heteroatoms. The number of carbonyl (C=O) groups excluding carboxylic acids is 1. The highest BCUT2D eigenvalue weighted by molar-refractivity contribution is 5.91. The van der Waals surface area contributed by atoms with Crippen molar-refractivity contribution in [3.63, 3.8) is 0 Å². The predicted molar refractivity (Wildman–Crippen MR) is 95.1 cm³/mol. The zero-order chi connectivity index (χ0) is 18.5. The molecule has 0 spiro atoms. The van der Waals surface area contributed by atoms with Gasteiger partial charge in [-0.2, -0.15) is 5.10 Å². The number of hydrogen-bond acceptors (Lipinski definition) is 5. The van der Waals surface area contributed by atoms with Crippen molar-refractivity contribution in [3.8, 4) is 11.5 Å². The Kier molecular flexibility index (Phi) is 5.26. The predicted octanol–water partition coefficient (Wildman–Crippen LogP) is 2.84. The molecule has 26 heavy (non-hydrogen) atoms. The van der Waals surface area contributed by atoms with Gasteiger partial charge in [-0.3, -0.25) is 9.48 Å². The van der Waals surface area contributed by atoms with Crippen LogP contribution >= 0.6 is 0 Å². The lowest BCUT2D eigenvalue weighted by atomic mass is 10.2. The topological polar surface area (TPSA) is 78.5 Å². The van der Waals surface area contributed by atoms with Crippen LogP contribution in [0.2, 0.25) is 0 Å². The second kappa shape index (κ2) is 7.77. The van der Waals surface area contributed by atoms with E-state index < -0.39 is 0 Å². The Hall–Kier alpha value is -3.22. The Bertz CT molecular complexity index is 898. The monoisotopic (exact) mass is 355 g/mol. The van der Waals surface area contributed by atoms with Crippen LogP contribution in [-0.4, -0.2) is 22.8 Å². The summed E-state index contributed by atoms with van der Waals surface area (Å²) in [6.07, 6.45) is 1.74. The molecule has 0 aliphatic carbocycles. The van der Waals surface area contributed by atoms with E-state index in [0.29, 0.717) is 23.8 Å². The Morgan fingerprint density at radius 1 is 1.27 bits per heavy atom. The number of carbonyl (C=O) groups is 1. The van der Waals surface area contributed by atoms with Crippen LogP contribution in [0.5, 0.6) is 11.5 Å². The number of ether oxygens (including phenoxy) is 2. The smallest absolute Gasteiger partial charge is 0.287 e. The average molecular weight is 355 g/mol. The van der Waals surface area contributed by atoms with Crippen molar-refractivity contribution in [2.75, 3.05) is 7.11 Å². The molecule has 2 heterocycles. The summed E-state index contributed by atoms with van der Waals surface area (Å²) >= 11 is 0. The van der Waals surface area contributed by atoms with Gasteiger partial charge >= 0.3 is 0 Å². The highest BCUT2D eigenvalue weighted by Gasteiger charge is 2.13. The number of amides is 1. The molecular formula is C19H21N3O4. The average Bonchev–Trinajstić information content (AvgIpc) is 3.26. The SMILES string of the molecule is COc1cccc(OCc2ccc(C(=O)NCc3cnn(C)c3C)o2)c1. The molecule has 0 aliphatic heterocycles. The van der Waals surface area contributed by atoms with Crippen molar-refractivity contribution in [2.45, 2.75) is 20.1 Å². The largest absolute Gasteiger partial charge is 0.497 e. The van der Waals surface area contributed by atoms with Crippen LogP contribution in [0.1, 0.15) is 27.6 Å². The van der Waals surface area contributed by atoms with Crippen LogP contribution in [0.4, 0.5) is 0 Å². The Balaban J connectivity index is 1.55. The molecule has 0 saturated carbocycles. The van der Waals surface area contributed by atoms with Crippen molar-refractivity contribution in [1.82, 2.24) is 15.1 Å². The first kappa shape index (κ1) is 17.6. The van der Waals surface area contributed by atoms with Crippen molar-refractivity contribution in [1.29, 1.82) is 0 Å². The van der Waals surface area contributed by atoms with E-state index in [1.807, 2.05) is 32.2 Å². The summed E-state index contributed by atoms with van der Waals surface area (Å²) in [5.74, 6) is 1.92. The number of nitrogens with one attached hydrogen (secondary N) is 1. The van der Waals surface area contributed by atoms with Gasteiger partial charge in [0.05, 0.1) is 13.3 Å². The molecule has 0 fully saturated rings. The van der Waals surface area contributed by atoms with Gasteiger partial charge in [-0.15, -0.1) is 0 Å². The summed E-state index contributed by atoms with van der Waals surface area (Å²) in [5, 5.41) is 6.98. The Labute approximate surface area is 151 Å². The van der Waals surface area contributed by atoms with Crippen LogP contribution in [-0.2, 0) is 20.2 Å². The molecule has 0 radical (unpaired) electrons. The van der Waals surface area contributed by atoms with Gasteiger partial charge in [-0.05, 0) is 31.2 Å². The zero-order valence-electron chi connectivity index (χ0n) is 15.0. The van der Waals surface area contributed by atoms with E-state index in [0.717, 1.165) is 11.3 Å². The highest BCUT2D eigenvalue weighted by atomic mass is 16.5. The van der Waals surface area contributed by atoms with Crippen LogP contribution in [0.3, 0.4) is 0 Å². The molecule has 136 valence electrons. The third kappa shape index (κ3) is 4.05. The fourth-order valence-electron chi connectivity index (χ4n) is 2.40. The summed E-state index contributed by atoms with van der Waals surface area (Å²) < 4.78 is 18.1. The number of hydrogen-bond donors (Lipinski definition) is 1. The summed E-state index contributed by atoms with van der Waals surface area (Å²) in [4.78, 5) is 12.2. The number of furan rings is 1. The maximum absolute atomic E-state index is 12.2.